The van der Waals surface area contributed by atoms with E-state index in [-0.39, 0.29) is 18.1 Å². The molecule has 3 nitrogen and oxygen atoms in total. The number of hydrogen-bond acceptors (Lipinski definition) is 3. The van der Waals surface area contributed by atoms with Crippen molar-refractivity contribution in [1.82, 2.24) is 0 Å². The number of anilines is 1. The summed E-state index contributed by atoms with van der Waals surface area (Å²) in [7, 11) is 1.20. The van der Waals surface area contributed by atoms with Gasteiger partial charge in [0.2, 0.25) is 5.91 Å². The third-order valence-electron chi connectivity index (χ3n) is 4.37. The number of nitrogens with zero attached hydrogens (tertiary/aromatic N) is 1. The molecule has 0 atom stereocenters. The van der Waals surface area contributed by atoms with Gasteiger partial charge in [-0.2, -0.15) is 13.2 Å². The molecular formula is C21H15F3INO2S. The van der Waals surface area contributed by atoms with Gasteiger partial charge in [0.1, 0.15) is 12.4 Å². The normalized spacial score (nSPS) is 12.8. The van der Waals surface area contributed by atoms with Crippen LogP contribution in [0, 0.1) is 11.2 Å². The van der Waals surface area contributed by atoms with Crippen molar-refractivity contribution in [2.24, 2.45) is 0 Å². The second-order valence-corrected chi connectivity index (χ2v) is 7.89. The van der Waals surface area contributed by atoms with E-state index in [1.807, 2.05) is 27.3 Å². The van der Waals surface area contributed by atoms with Crippen molar-refractivity contribution in [2.45, 2.75) is 19.2 Å². The minimum Gasteiger partial charge on any atom is -0.489 e. The maximum absolute atomic E-state index is 13.2. The first kappa shape index (κ1) is 21.6. The molecule has 0 unspecified atom stereocenters. The van der Waals surface area contributed by atoms with Crippen LogP contribution in [0.3, 0.4) is 0 Å². The Morgan fingerprint density at radius 2 is 2.14 bits per heavy atom. The Bertz CT molecular complexity index is 1010. The number of carbonyl (C=O) groups is 1. The molecule has 150 valence electrons. The summed E-state index contributed by atoms with van der Waals surface area (Å²) >= 11 is 1.96. The molecule has 1 aliphatic rings. The average Bonchev–Trinajstić information content (AvgIpc) is 3.14. The van der Waals surface area contributed by atoms with Gasteiger partial charge in [0, 0.05) is 38.9 Å². The first-order valence-corrected chi connectivity index (χ1v) is 11.9. The van der Waals surface area contributed by atoms with Gasteiger partial charge < -0.3 is 9.64 Å². The van der Waals surface area contributed by atoms with E-state index in [4.69, 9.17) is 4.74 Å². The second kappa shape index (κ2) is 9.13. The molecule has 2 aromatic rings. The topological polar surface area (TPSA) is 29.5 Å². The quantitative estimate of drug-likeness (QED) is 0.287. The summed E-state index contributed by atoms with van der Waals surface area (Å²) in [6.07, 6.45) is -2.61. The molecule has 0 aliphatic carbocycles. The van der Waals surface area contributed by atoms with E-state index in [1.165, 1.54) is 15.0 Å². The summed E-state index contributed by atoms with van der Waals surface area (Å²) < 4.78 is 45.5. The Kier molecular flexibility index (Phi) is 6.80. The number of rotatable bonds is 4. The predicted octanol–water partition coefficient (Wildman–Crippen LogP) is 5.75. The minimum absolute atomic E-state index is 0.0398. The average molecular weight is 529 g/mol. The molecule has 3 rings (SSSR count). The van der Waals surface area contributed by atoms with E-state index in [0.717, 1.165) is 23.4 Å². The first-order valence-electron chi connectivity index (χ1n) is 8.52. The van der Waals surface area contributed by atoms with Crippen LogP contribution in [0.2, 0.25) is 0 Å². The number of hydrogen-bond donors (Lipinski definition) is 0. The fourth-order valence-corrected chi connectivity index (χ4v) is 3.61. The third kappa shape index (κ3) is 5.08. The maximum Gasteiger partial charge on any atom is 0.416 e. The molecule has 0 spiro atoms. The van der Waals surface area contributed by atoms with Crippen LogP contribution in [-0.4, -0.2) is 12.5 Å². The van der Waals surface area contributed by atoms with Crippen molar-refractivity contribution in [3.05, 3.63) is 71.3 Å². The van der Waals surface area contributed by atoms with Crippen LogP contribution in [0.5, 0.6) is 5.75 Å². The minimum atomic E-state index is -4.47. The molecular weight excluding hydrogens is 514 g/mol. The number of benzene rings is 2. The highest BCUT2D eigenvalue weighted by atomic mass is 127. The van der Waals surface area contributed by atoms with Gasteiger partial charge in [0.15, 0.2) is 0 Å². The van der Waals surface area contributed by atoms with E-state index in [1.54, 1.807) is 23.1 Å². The lowest BCUT2D eigenvalue weighted by Gasteiger charge is -2.16. The van der Waals surface area contributed by atoms with Gasteiger partial charge in [-0.15, -0.1) is 0 Å². The number of carbonyl (C=O) groups excluding carboxylic acids is 1. The highest BCUT2D eigenvalue weighted by Crippen LogP contribution is 2.36. The van der Waals surface area contributed by atoms with Gasteiger partial charge in [0.25, 0.3) is 0 Å². The molecule has 0 saturated carbocycles. The molecule has 8 heteroatoms. The molecule has 0 radical (unpaired) electrons. The van der Waals surface area contributed by atoms with Crippen molar-refractivity contribution < 1.29 is 22.7 Å². The second-order valence-electron chi connectivity index (χ2n) is 6.21. The van der Waals surface area contributed by atoms with Crippen molar-refractivity contribution in [2.75, 3.05) is 11.4 Å². The summed E-state index contributed by atoms with van der Waals surface area (Å²) in [6.45, 7) is 3.98. The van der Waals surface area contributed by atoms with Crippen LogP contribution in [0.1, 0.15) is 22.3 Å². The van der Waals surface area contributed by atoms with Crippen LogP contribution < -0.4 is 9.64 Å². The Labute approximate surface area is 182 Å². The number of halogens is 4. The van der Waals surface area contributed by atoms with E-state index in [9.17, 15) is 18.0 Å². The molecule has 0 aromatic heterocycles. The highest BCUT2D eigenvalue weighted by molar-refractivity contribution is 14.2. The van der Waals surface area contributed by atoms with Gasteiger partial charge in [-0.1, -0.05) is 18.6 Å². The Balaban J connectivity index is 1.86. The SMILES string of the molecule is C=CC(=O)N1CCc2c(OCc3cc(C#CSI)cc(C(F)(F)F)c3)cccc21. The molecule has 0 fully saturated rings. The third-order valence-corrected chi connectivity index (χ3v) is 5.21. The smallest absolute Gasteiger partial charge is 0.416 e. The van der Waals surface area contributed by atoms with Crippen molar-refractivity contribution in [3.63, 3.8) is 0 Å². The molecule has 2 aromatic carbocycles. The van der Waals surface area contributed by atoms with E-state index in [0.29, 0.717) is 24.3 Å². The molecule has 0 saturated heterocycles. The van der Waals surface area contributed by atoms with Crippen LogP contribution in [0.15, 0.2) is 49.1 Å². The zero-order valence-electron chi connectivity index (χ0n) is 15.1. The van der Waals surface area contributed by atoms with Crippen molar-refractivity contribution in [1.29, 1.82) is 0 Å². The Morgan fingerprint density at radius 1 is 1.34 bits per heavy atom. The molecule has 1 amide bonds. The van der Waals surface area contributed by atoms with Crippen LogP contribution in [0.25, 0.3) is 0 Å². The summed E-state index contributed by atoms with van der Waals surface area (Å²) in [4.78, 5) is 13.6. The summed E-state index contributed by atoms with van der Waals surface area (Å²) in [6, 6.07) is 9.01. The summed E-state index contributed by atoms with van der Waals surface area (Å²) in [5.74, 6) is 3.06. The van der Waals surface area contributed by atoms with Gasteiger partial charge in [0.05, 0.1) is 11.3 Å². The summed E-state index contributed by atoms with van der Waals surface area (Å²) in [5, 5.41) is 2.70. The Hall–Kier alpha value is -2.12. The fraction of sp³-hybridized carbons (Fsp3) is 0.190. The van der Waals surface area contributed by atoms with Gasteiger partial charge in [-0.05, 0) is 62.6 Å². The number of fused-ring (bicyclic) bond motifs is 1. The van der Waals surface area contributed by atoms with Crippen molar-refractivity contribution >= 4 is 41.7 Å². The molecule has 0 N–H and O–H groups in total. The number of amides is 1. The standard InChI is InChI=1S/C21H15F3INO2S/c1-2-20(27)26-8-6-17-18(26)4-3-5-19(17)28-13-15-10-14(7-9-29-25)11-16(12-15)21(22,23)24/h2-5,10-12H,1,6,8,13H2. The number of alkyl halides is 3. The van der Waals surface area contributed by atoms with E-state index in [2.05, 4.69) is 17.8 Å². The van der Waals surface area contributed by atoms with Crippen molar-refractivity contribution in [3.8, 4) is 16.9 Å². The number of ether oxygens (including phenoxy) is 1. The first-order chi connectivity index (χ1) is 13.8. The van der Waals surface area contributed by atoms with E-state index >= 15 is 0 Å². The lowest BCUT2D eigenvalue weighted by molar-refractivity contribution is -0.137. The molecule has 0 bridgehead atoms. The zero-order chi connectivity index (χ0) is 21.0. The van der Waals surface area contributed by atoms with Gasteiger partial charge >= 0.3 is 6.18 Å². The molecule has 29 heavy (non-hydrogen) atoms. The van der Waals surface area contributed by atoms with E-state index < -0.39 is 11.7 Å². The summed E-state index contributed by atoms with van der Waals surface area (Å²) in [5.41, 5.74) is 1.49. The van der Waals surface area contributed by atoms with Gasteiger partial charge in [-0.3, -0.25) is 4.79 Å². The Morgan fingerprint density at radius 3 is 2.83 bits per heavy atom. The fourth-order valence-electron chi connectivity index (χ4n) is 3.13. The molecule has 1 heterocycles. The lowest BCUT2D eigenvalue weighted by Crippen LogP contribution is -2.26. The zero-order valence-corrected chi connectivity index (χ0v) is 18.0. The monoisotopic (exact) mass is 529 g/mol. The molecule has 1 aliphatic heterocycles. The predicted molar refractivity (Wildman–Crippen MR) is 117 cm³/mol. The van der Waals surface area contributed by atoms with Crippen LogP contribution in [-0.2, 0) is 24.0 Å². The largest absolute Gasteiger partial charge is 0.489 e. The maximum atomic E-state index is 13.2. The van der Waals surface area contributed by atoms with Gasteiger partial charge in [-0.25, -0.2) is 0 Å². The highest BCUT2D eigenvalue weighted by Gasteiger charge is 2.31. The lowest BCUT2D eigenvalue weighted by atomic mass is 10.1. The van der Waals surface area contributed by atoms with Crippen LogP contribution >= 0.6 is 30.1 Å². The van der Waals surface area contributed by atoms with Crippen LogP contribution in [0.4, 0.5) is 18.9 Å².